The summed E-state index contributed by atoms with van der Waals surface area (Å²) < 4.78 is 0. The van der Waals surface area contributed by atoms with Gasteiger partial charge < -0.3 is 25.7 Å². The molecule has 0 aromatic heterocycles. The van der Waals surface area contributed by atoms with E-state index in [9.17, 15) is 9.59 Å². The van der Waals surface area contributed by atoms with Crippen LogP contribution in [0, 0.1) is 0 Å². The lowest BCUT2D eigenvalue weighted by atomic mass is 10.2. The highest BCUT2D eigenvalue weighted by molar-refractivity contribution is 5.66. The Bertz CT molecular complexity index is 318. The van der Waals surface area contributed by atoms with Gasteiger partial charge in [-0.15, -0.1) is 0 Å². The van der Waals surface area contributed by atoms with Crippen LogP contribution in [0.3, 0.4) is 0 Å². The minimum Gasteiger partial charge on any atom is -0.481 e. The van der Waals surface area contributed by atoms with Crippen molar-refractivity contribution in [1.82, 2.24) is 9.80 Å². The van der Waals surface area contributed by atoms with Crippen molar-refractivity contribution >= 4 is 11.9 Å². The molecule has 7 nitrogen and oxygen atoms in total. The quantitative estimate of drug-likeness (QED) is 0.358. The Kier molecular flexibility index (Phi) is 29.1. The van der Waals surface area contributed by atoms with Gasteiger partial charge in [-0.05, 0) is 33.0 Å². The van der Waals surface area contributed by atoms with Crippen LogP contribution in [-0.2, 0) is 9.59 Å². The number of likely N-dealkylation sites (N-methyl/N-ethyl adjacent to an activating group) is 1. The van der Waals surface area contributed by atoms with Crippen LogP contribution in [0.1, 0.15) is 79.1 Å². The third kappa shape index (κ3) is 32.5. The summed E-state index contributed by atoms with van der Waals surface area (Å²) in [4.78, 5) is 23.7. The van der Waals surface area contributed by atoms with E-state index in [1.165, 1.54) is 58.2 Å². The second-order valence-electron chi connectivity index (χ2n) is 6.84. The molecule has 0 aliphatic heterocycles. The van der Waals surface area contributed by atoms with Crippen LogP contribution in [0.5, 0.6) is 0 Å². The van der Waals surface area contributed by atoms with Gasteiger partial charge in [-0.3, -0.25) is 9.59 Å². The molecule has 0 rings (SSSR count). The van der Waals surface area contributed by atoms with Crippen LogP contribution in [-0.4, -0.2) is 78.3 Å². The van der Waals surface area contributed by atoms with Crippen LogP contribution in [0.4, 0.5) is 0 Å². The molecule has 0 bridgehead atoms. The summed E-state index contributed by atoms with van der Waals surface area (Å²) in [5.74, 6) is -1.49. The summed E-state index contributed by atoms with van der Waals surface area (Å²) in [5, 5.41) is 15.4. The number of aliphatic carboxylic acids is 2. The first kappa shape index (κ1) is 31.5. The molecule has 28 heavy (non-hydrogen) atoms. The molecular formula is C21H47N3O4. The van der Waals surface area contributed by atoms with Crippen LogP contribution >= 0.6 is 0 Å². The van der Waals surface area contributed by atoms with Crippen molar-refractivity contribution in [2.45, 2.75) is 79.1 Å². The molecule has 4 N–H and O–H groups in total. The smallest absolute Gasteiger partial charge is 0.303 e. The zero-order chi connectivity index (χ0) is 22.2. The second-order valence-corrected chi connectivity index (χ2v) is 6.84. The minimum atomic E-state index is -0.745. The maximum absolute atomic E-state index is 9.37. The summed E-state index contributed by atoms with van der Waals surface area (Å²) in [6.45, 7) is 14.4. The molecule has 0 aliphatic rings. The molecule has 7 heteroatoms. The van der Waals surface area contributed by atoms with E-state index in [0.717, 1.165) is 19.6 Å². The van der Waals surface area contributed by atoms with Gasteiger partial charge in [-0.25, -0.2) is 0 Å². The summed E-state index contributed by atoms with van der Waals surface area (Å²) in [7, 11) is 2.17. The first-order valence-electron chi connectivity index (χ1n) is 10.8. The molecule has 0 amide bonds. The molecule has 0 aromatic carbocycles. The highest BCUT2D eigenvalue weighted by Gasteiger charge is 2.05. The van der Waals surface area contributed by atoms with Crippen LogP contribution in [0.15, 0.2) is 0 Å². The number of carboxylic acid groups (broad SMARTS) is 2. The Morgan fingerprint density at radius 3 is 1.39 bits per heavy atom. The monoisotopic (exact) mass is 405 g/mol. The molecule has 170 valence electrons. The normalized spacial score (nSPS) is 10.1. The predicted molar refractivity (Wildman–Crippen MR) is 118 cm³/mol. The fourth-order valence-electron chi connectivity index (χ4n) is 2.15. The summed E-state index contributed by atoms with van der Waals surface area (Å²) in [6.07, 6.45) is 8.50. The van der Waals surface area contributed by atoms with Crippen molar-refractivity contribution in [2.75, 3.05) is 46.3 Å². The molecule has 0 aromatic rings. The molecule has 0 heterocycles. The van der Waals surface area contributed by atoms with E-state index < -0.39 is 11.9 Å². The Morgan fingerprint density at radius 2 is 1.11 bits per heavy atom. The van der Waals surface area contributed by atoms with E-state index in [1.54, 1.807) is 13.8 Å². The Morgan fingerprint density at radius 1 is 0.714 bits per heavy atom. The van der Waals surface area contributed by atoms with Crippen LogP contribution in [0.2, 0.25) is 0 Å². The number of carboxylic acids is 2. The Balaban J connectivity index is -0.000000512. The first-order valence-corrected chi connectivity index (χ1v) is 10.8. The third-order valence-electron chi connectivity index (χ3n) is 4.07. The Hall–Kier alpha value is -1.18. The summed E-state index contributed by atoms with van der Waals surface area (Å²) in [5.41, 5.74) is 5.58. The first-order chi connectivity index (χ1) is 13.3. The third-order valence-corrected chi connectivity index (χ3v) is 4.07. The molecule has 0 spiro atoms. The topological polar surface area (TPSA) is 107 Å². The number of nitrogens with two attached hydrogens (primary N) is 1. The molecule has 0 aliphatic carbocycles. The van der Waals surface area contributed by atoms with Crippen molar-refractivity contribution in [3.8, 4) is 0 Å². The second kappa shape index (κ2) is 25.8. The average Bonchev–Trinajstić information content (AvgIpc) is 2.67. The molecule has 0 saturated heterocycles. The predicted octanol–water partition coefficient (Wildman–Crippen LogP) is 3.52. The van der Waals surface area contributed by atoms with Gasteiger partial charge in [0.2, 0.25) is 0 Å². The van der Waals surface area contributed by atoms with Gasteiger partial charge in [-0.2, -0.15) is 0 Å². The van der Waals surface area contributed by atoms with E-state index in [2.05, 4.69) is 30.7 Å². The molecule has 0 saturated carbocycles. The zero-order valence-corrected chi connectivity index (χ0v) is 19.1. The maximum Gasteiger partial charge on any atom is 0.303 e. The summed E-state index contributed by atoms with van der Waals surface area (Å²) >= 11 is 0. The average molecular weight is 406 g/mol. The highest BCUT2D eigenvalue weighted by atomic mass is 16.4. The number of rotatable bonds is 15. The van der Waals surface area contributed by atoms with Crippen molar-refractivity contribution in [3.05, 3.63) is 0 Å². The minimum absolute atomic E-state index is 0.222. The molecule has 0 unspecified atom stereocenters. The van der Waals surface area contributed by atoms with E-state index >= 15 is 0 Å². The molecular weight excluding hydrogens is 358 g/mol. The van der Waals surface area contributed by atoms with Gasteiger partial charge in [0.15, 0.2) is 0 Å². The lowest BCUT2D eigenvalue weighted by Crippen LogP contribution is -2.36. The van der Waals surface area contributed by atoms with E-state index in [0.29, 0.717) is 0 Å². The van der Waals surface area contributed by atoms with E-state index in [1.807, 2.05) is 0 Å². The largest absolute Gasteiger partial charge is 0.481 e. The molecule has 0 fully saturated rings. The Labute approximate surface area is 173 Å². The van der Waals surface area contributed by atoms with Crippen LogP contribution in [0.25, 0.3) is 0 Å². The van der Waals surface area contributed by atoms with Gasteiger partial charge in [0.1, 0.15) is 0 Å². The maximum atomic E-state index is 9.37. The van der Waals surface area contributed by atoms with E-state index in [4.69, 9.17) is 15.9 Å². The van der Waals surface area contributed by atoms with Crippen molar-refractivity contribution in [3.63, 3.8) is 0 Å². The zero-order valence-electron chi connectivity index (χ0n) is 19.1. The van der Waals surface area contributed by atoms with Crippen LogP contribution < -0.4 is 5.73 Å². The lowest BCUT2D eigenvalue weighted by molar-refractivity contribution is -0.137. The number of hydrogen-bond donors (Lipinski definition) is 3. The van der Waals surface area contributed by atoms with Gasteiger partial charge >= 0.3 is 11.9 Å². The number of carbonyl (C=O) groups is 2. The lowest BCUT2D eigenvalue weighted by Gasteiger charge is -2.25. The highest BCUT2D eigenvalue weighted by Crippen LogP contribution is 2.02. The van der Waals surface area contributed by atoms with Crippen molar-refractivity contribution < 1.29 is 19.8 Å². The number of unbranched alkanes of at least 4 members (excludes halogenated alkanes) is 4. The van der Waals surface area contributed by atoms with E-state index in [-0.39, 0.29) is 12.8 Å². The SMILES string of the molecule is CCC(=O)O.CCC(=O)O.CCCCCN(CCCCC)CCN(C)CCN. The molecule has 0 radical (unpaired) electrons. The van der Waals surface area contributed by atoms with Gasteiger partial charge in [0, 0.05) is 39.0 Å². The number of hydrogen-bond acceptors (Lipinski definition) is 5. The standard InChI is InChI=1S/C15H35N3.2C3H6O2/c1-4-6-8-11-18(12-9-7-5-2)15-14-17(3)13-10-16;2*1-2-3(4)5/h4-16H2,1-3H3;2*2H2,1H3,(H,4,5). The fraction of sp³-hybridized carbons (Fsp3) is 0.905. The molecule has 0 atom stereocenters. The van der Waals surface area contributed by atoms with Gasteiger partial charge in [-0.1, -0.05) is 53.4 Å². The number of nitrogens with zero attached hydrogens (tertiary/aromatic N) is 2. The fourth-order valence-corrected chi connectivity index (χ4v) is 2.15. The summed E-state index contributed by atoms with van der Waals surface area (Å²) in [6, 6.07) is 0. The van der Waals surface area contributed by atoms with Gasteiger partial charge in [0.25, 0.3) is 0 Å². The van der Waals surface area contributed by atoms with Crippen molar-refractivity contribution in [2.24, 2.45) is 5.73 Å². The van der Waals surface area contributed by atoms with Gasteiger partial charge in [0.05, 0.1) is 0 Å². The van der Waals surface area contributed by atoms with Crippen molar-refractivity contribution in [1.29, 1.82) is 0 Å².